The van der Waals surface area contributed by atoms with Gasteiger partial charge in [-0.3, -0.25) is 0 Å². The summed E-state index contributed by atoms with van der Waals surface area (Å²) in [5, 5.41) is 6.53. The van der Waals surface area contributed by atoms with E-state index in [1.807, 2.05) is 45.0 Å². The Labute approximate surface area is 112 Å². The van der Waals surface area contributed by atoms with E-state index >= 15 is 0 Å². The van der Waals surface area contributed by atoms with Crippen LogP contribution in [0.15, 0.2) is 29.6 Å². The molecule has 0 bridgehead atoms. The van der Waals surface area contributed by atoms with Crippen LogP contribution < -0.4 is 10.1 Å². The van der Waals surface area contributed by atoms with Crippen LogP contribution in [0.4, 0.5) is 5.69 Å². The lowest BCUT2D eigenvalue weighted by atomic mass is 10.3. The van der Waals surface area contributed by atoms with Crippen molar-refractivity contribution in [3.05, 3.63) is 40.3 Å². The average molecular weight is 262 g/mol. The first-order valence-electron chi connectivity index (χ1n) is 6.05. The molecule has 18 heavy (non-hydrogen) atoms. The summed E-state index contributed by atoms with van der Waals surface area (Å²) in [5.41, 5.74) is 2.16. The molecule has 0 aliphatic heterocycles. The molecular weight excluding hydrogens is 244 g/mol. The Hall–Kier alpha value is -1.55. The summed E-state index contributed by atoms with van der Waals surface area (Å²) in [5.74, 6) is 0.903. The van der Waals surface area contributed by atoms with Crippen LogP contribution in [0.2, 0.25) is 0 Å². The maximum Gasteiger partial charge on any atom is 0.119 e. The van der Waals surface area contributed by atoms with Crippen molar-refractivity contribution in [2.45, 2.75) is 33.4 Å². The van der Waals surface area contributed by atoms with Gasteiger partial charge in [-0.15, -0.1) is 11.3 Å². The van der Waals surface area contributed by atoms with Crippen LogP contribution in [-0.2, 0) is 6.54 Å². The van der Waals surface area contributed by atoms with Crippen LogP contribution in [0.25, 0.3) is 0 Å². The van der Waals surface area contributed by atoms with E-state index in [1.165, 1.54) is 0 Å². The van der Waals surface area contributed by atoms with Crippen molar-refractivity contribution in [2.75, 3.05) is 5.32 Å². The van der Waals surface area contributed by atoms with Crippen LogP contribution in [0.1, 0.15) is 24.5 Å². The van der Waals surface area contributed by atoms with Crippen LogP contribution in [0.5, 0.6) is 5.75 Å². The number of aromatic nitrogens is 1. The Morgan fingerprint density at radius 2 is 2.00 bits per heavy atom. The van der Waals surface area contributed by atoms with Crippen molar-refractivity contribution in [1.82, 2.24) is 4.98 Å². The second kappa shape index (κ2) is 5.87. The fraction of sp³-hybridized carbons (Fsp3) is 0.357. The first-order chi connectivity index (χ1) is 8.63. The van der Waals surface area contributed by atoms with Crippen molar-refractivity contribution >= 4 is 17.0 Å². The standard InChI is InChI=1S/C14H18N2OS/c1-10(2)17-14-6-4-12(5-7-14)15-8-13-9-18-11(3)16-13/h4-7,9-10,15H,8H2,1-3H3. The second-order valence-corrected chi connectivity index (χ2v) is 5.46. The van der Waals surface area contributed by atoms with Gasteiger partial charge < -0.3 is 10.1 Å². The lowest BCUT2D eigenvalue weighted by Crippen LogP contribution is -2.05. The van der Waals surface area contributed by atoms with Gasteiger partial charge in [0, 0.05) is 11.1 Å². The number of nitrogens with one attached hydrogen (secondary N) is 1. The average Bonchev–Trinajstić information content (AvgIpc) is 2.74. The second-order valence-electron chi connectivity index (χ2n) is 4.40. The van der Waals surface area contributed by atoms with E-state index in [2.05, 4.69) is 15.7 Å². The lowest BCUT2D eigenvalue weighted by molar-refractivity contribution is 0.242. The predicted molar refractivity (Wildman–Crippen MR) is 76.4 cm³/mol. The number of benzene rings is 1. The minimum Gasteiger partial charge on any atom is -0.491 e. The first-order valence-corrected chi connectivity index (χ1v) is 6.93. The van der Waals surface area contributed by atoms with Crippen molar-refractivity contribution in [1.29, 1.82) is 0 Å². The van der Waals surface area contributed by atoms with Crippen molar-refractivity contribution < 1.29 is 4.74 Å². The molecule has 1 aromatic carbocycles. The van der Waals surface area contributed by atoms with Gasteiger partial charge in [-0.25, -0.2) is 4.98 Å². The Morgan fingerprint density at radius 1 is 1.28 bits per heavy atom. The van der Waals surface area contributed by atoms with Crippen molar-refractivity contribution in [3.63, 3.8) is 0 Å². The molecule has 0 spiro atoms. The fourth-order valence-corrected chi connectivity index (χ4v) is 2.22. The molecule has 0 aliphatic rings. The van der Waals surface area contributed by atoms with Gasteiger partial charge in [-0.2, -0.15) is 0 Å². The molecule has 1 N–H and O–H groups in total. The molecule has 96 valence electrons. The molecule has 0 fully saturated rings. The predicted octanol–water partition coefficient (Wildman–Crippen LogP) is 3.85. The minimum absolute atomic E-state index is 0.210. The van der Waals surface area contributed by atoms with E-state index in [9.17, 15) is 0 Å². The number of anilines is 1. The summed E-state index contributed by atoms with van der Waals surface area (Å²) in [6.07, 6.45) is 0.210. The molecular formula is C14H18N2OS. The topological polar surface area (TPSA) is 34.2 Å². The zero-order valence-corrected chi connectivity index (χ0v) is 11.8. The van der Waals surface area contributed by atoms with E-state index in [0.29, 0.717) is 0 Å². The Morgan fingerprint density at radius 3 is 2.56 bits per heavy atom. The van der Waals surface area contributed by atoms with Crippen LogP contribution in [-0.4, -0.2) is 11.1 Å². The number of hydrogen-bond acceptors (Lipinski definition) is 4. The van der Waals surface area contributed by atoms with E-state index in [1.54, 1.807) is 11.3 Å². The summed E-state index contributed by atoms with van der Waals surface area (Å²) in [7, 11) is 0. The highest BCUT2D eigenvalue weighted by molar-refractivity contribution is 7.09. The molecule has 1 heterocycles. The highest BCUT2D eigenvalue weighted by Gasteiger charge is 2.00. The summed E-state index contributed by atoms with van der Waals surface area (Å²) < 4.78 is 5.60. The molecule has 0 radical (unpaired) electrons. The van der Waals surface area contributed by atoms with Gasteiger partial charge in [0.1, 0.15) is 5.75 Å². The normalized spacial score (nSPS) is 10.7. The minimum atomic E-state index is 0.210. The molecule has 3 nitrogen and oxygen atoms in total. The fourth-order valence-electron chi connectivity index (χ4n) is 1.61. The molecule has 0 amide bonds. The third kappa shape index (κ3) is 3.74. The molecule has 0 saturated heterocycles. The molecule has 2 aromatic rings. The van der Waals surface area contributed by atoms with E-state index < -0.39 is 0 Å². The quantitative estimate of drug-likeness (QED) is 0.888. The highest BCUT2D eigenvalue weighted by atomic mass is 32.1. The van der Waals surface area contributed by atoms with E-state index in [4.69, 9.17) is 4.74 Å². The number of rotatable bonds is 5. The first kappa shape index (κ1) is 12.9. The number of ether oxygens (including phenoxy) is 1. The van der Waals surface area contributed by atoms with Crippen LogP contribution in [0, 0.1) is 6.92 Å². The van der Waals surface area contributed by atoms with Gasteiger partial charge in [-0.1, -0.05) is 0 Å². The Kier molecular flexibility index (Phi) is 4.20. The molecule has 1 aromatic heterocycles. The zero-order chi connectivity index (χ0) is 13.0. The van der Waals surface area contributed by atoms with Crippen molar-refractivity contribution in [3.8, 4) is 5.75 Å². The molecule has 0 atom stereocenters. The lowest BCUT2D eigenvalue weighted by Gasteiger charge is -2.10. The van der Waals surface area contributed by atoms with Crippen molar-refractivity contribution in [2.24, 2.45) is 0 Å². The Bertz CT molecular complexity index is 491. The zero-order valence-electron chi connectivity index (χ0n) is 10.9. The summed E-state index contributed by atoms with van der Waals surface area (Å²) in [6.45, 7) is 6.83. The molecule has 2 rings (SSSR count). The largest absolute Gasteiger partial charge is 0.491 e. The van der Waals surface area contributed by atoms with Gasteiger partial charge in [0.25, 0.3) is 0 Å². The van der Waals surface area contributed by atoms with E-state index in [-0.39, 0.29) is 6.10 Å². The maximum atomic E-state index is 5.60. The van der Waals surface area contributed by atoms with Gasteiger partial charge in [-0.05, 0) is 45.0 Å². The third-order valence-corrected chi connectivity index (χ3v) is 3.19. The van der Waals surface area contributed by atoms with Gasteiger partial charge in [0.05, 0.1) is 23.4 Å². The smallest absolute Gasteiger partial charge is 0.119 e. The highest BCUT2D eigenvalue weighted by Crippen LogP contribution is 2.18. The molecule has 4 heteroatoms. The Balaban J connectivity index is 1.90. The van der Waals surface area contributed by atoms with Crippen LogP contribution in [0.3, 0.4) is 0 Å². The SMILES string of the molecule is Cc1nc(CNc2ccc(OC(C)C)cc2)cs1. The number of aryl methyl sites for hydroxylation is 1. The van der Waals surface area contributed by atoms with Gasteiger partial charge in [0.2, 0.25) is 0 Å². The third-order valence-electron chi connectivity index (χ3n) is 2.37. The van der Waals surface area contributed by atoms with E-state index in [0.717, 1.165) is 28.7 Å². The molecule has 0 aliphatic carbocycles. The van der Waals surface area contributed by atoms with Gasteiger partial charge >= 0.3 is 0 Å². The summed E-state index contributed by atoms with van der Waals surface area (Å²) in [6, 6.07) is 8.01. The maximum absolute atomic E-state index is 5.60. The molecule has 0 saturated carbocycles. The number of hydrogen-bond donors (Lipinski definition) is 1. The van der Waals surface area contributed by atoms with Crippen LogP contribution >= 0.6 is 11.3 Å². The monoisotopic (exact) mass is 262 g/mol. The number of thiazole rings is 1. The summed E-state index contributed by atoms with van der Waals surface area (Å²) in [4.78, 5) is 4.41. The summed E-state index contributed by atoms with van der Waals surface area (Å²) >= 11 is 1.68. The van der Waals surface area contributed by atoms with Gasteiger partial charge in [0.15, 0.2) is 0 Å². The number of nitrogens with zero attached hydrogens (tertiary/aromatic N) is 1. The molecule has 0 unspecified atom stereocenters.